The summed E-state index contributed by atoms with van der Waals surface area (Å²) in [6.07, 6.45) is 9.33. The molecule has 1 saturated heterocycles. The van der Waals surface area contributed by atoms with Crippen molar-refractivity contribution < 1.29 is 4.79 Å². The van der Waals surface area contributed by atoms with Crippen molar-refractivity contribution in [3.05, 3.63) is 42.6 Å². The molecule has 3 rings (SSSR count). The lowest BCUT2D eigenvalue weighted by molar-refractivity contribution is 0.0679. The van der Waals surface area contributed by atoms with E-state index in [1.165, 1.54) is 0 Å². The predicted molar refractivity (Wildman–Crippen MR) is 85.0 cm³/mol. The van der Waals surface area contributed by atoms with Gasteiger partial charge in [0.05, 0.1) is 17.9 Å². The van der Waals surface area contributed by atoms with Crippen molar-refractivity contribution in [3.63, 3.8) is 0 Å². The second-order valence-corrected chi connectivity index (χ2v) is 5.86. The number of rotatable bonds is 3. The zero-order valence-corrected chi connectivity index (χ0v) is 13.0. The van der Waals surface area contributed by atoms with Crippen molar-refractivity contribution in [2.24, 2.45) is 0 Å². The number of hydrogen-bond acceptors (Lipinski definition) is 4. The Hall–Kier alpha value is -2.37. The number of likely N-dealkylation sites (tertiary alicyclic amines) is 1. The fourth-order valence-electron chi connectivity index (χ4n) is 2.83. The number of hydrogen-bond donors (Lipinski definition) is 0. The van der Waals surface area contributed by atoms with E-state index in [-0.39, 0.29) is 5.91 Å². The molecule has 0 saturated carbocycles. The normalized spacial score (nSPS) is 18.3. The van der Waals surface area contributed by atoms with Gasteiger partial charge >= 0.3 is 0 Å². The van der Waals surface area contributed by atoms with Gasteiger partial charge in [0.15, 0.2) is 0 Å². The van der Waals surface area contributed by atoms with Crippen LogP contribution in [0.5, 0.6) is 0 Å². The number of amides is 1. The fourth-order valence-corrected chi connectivity index (χ4v) is 2.83. The molecule has 0 spiro atoms. The Kier molecular flexibility index (Phi) is 4.09. The molecule has 0 bridgehead atoms. The second kappa shape index (κ2) is 6.17. The molecule has 1 atom stereocenters. The average molecular weight is 299 g/mol. The molecule has 6 heteroatoms. The highest BCUT2D eigenvalue weighted by Crippen LogP contribution is 2.22. The SMILES string of the molecule is CN(C)c1ccc(C(=O)N2CCC[C@H](n3ccnc3)C2)cn1. The largest absolute Gasteiger partial charge is 0.363 e. The molecule has 116 valence electrons. The van der Waals surface area contributed by atoms with E-state index < -0.39 is 0 Å². The van der Waals surface area contributed by atoms with Crippen molar-refractivity contribution in [2.45, 2.75) is 18.9 Å². The quantitative estimate of drug-likeness (QED) is 0.867. The first-order chi connectivity index (χ1) is 10.6. The monoisotopic (exact) mass is 299 g/mol. The van der Waals surface area contributed by atoms with Crippen molar-refractivity contribution >= 4 is 11.7 Å². The minimum Gasteiger partial charge on any atom is -0.363 e. The van der Waals surface area contributed by atoms with E-state index in [0.29, 0.717) is 11.6 Å². The van der Waals surface area contributed by atoms with Gasteiger partial charge < -0.3 is 14.4 Å². The van der Waals surface area contributed by atoms with Gasteiger partial charge in [0.2, 0.25) is 0 Å². The highest BCUT2D eigenvalue weighted by Gasteiger charge is 2.25. The average Bonchev–Trinajstić information content (AvgIpc) is 3.09. The van der Waals surface area contributed by atoms with E-state index in [1.54, 1.807) is 12.4 Å². The Labute approximate surface area is 130 Å². The van der Waals surface area contributed by atoms with E-state index in [1.807, 2.05) is 48.6 Å². The summed E-state index contributed by atoms with van der Waals surface area (Å²) >= 11 is 0. The lowest BCUT2D eigenvalue weighted by atomic mass is 10.0. The number of carbonyl (C=O) groups excluding carboxylic acids is 1. The van der Waals surface area contributed by atoms with Crippen LogP contribution in [-0.2, 0) is 0 Å². The molecular formula is C16H21N5O. The smallest absolute Gasteiger partial charge is 0.255 e. The Morgan fingerprint density at radius 2 is 2.23 bits per heavy atom. The number of carbonyl (C=O) groups is 1. The lowest BCUT2D eigenvalue weighted by Crippen LogP contribution is -2.40. The van der Waals surface area contributed by atoms with Gasteiger partial charge in [0.25, 0.3) is 5.91 Å². The Morgan fingerprint density at radius 3 is 2.86 bits per heavy atom. The zero-order chi connectivity index (χ0) is 15.5. The molecule has 1 amide bonds. The molecule has 1 fully saturated rings. The predicted octanol–water partition coefficient (Wildman–Crippen LogP) is 1.82. The summed E-state index contributed by atoms with van der Waals surface area (Å²) in [7, 11) is 3.87. The Morgan fingerprint density at radius 1 is 1.36 bits per heavy atom. The van der Waals surface area contributed by atoms with Crippen LogP contribution in [-0.4, -0.2) is 52.5 Å². The summed E-state index contributed by atoms with van der Waals surface area (Å²) in [4.78, 5) is 24.9. The molecule has 22 heavy (non-hydrogen) atoms. The molecule has 0 unspecified atom stereocenters. The maximum absolute atomic E-state index is 12.6. The molecule has 0 aliphatic carbocycles. The molecule has 0 aromatic carbocycles. The minimum absolute atomic E-state index is 0.0580. The van der Waals surface area contributed by atoms with Crippen LogP contribution in [0.2, 0.25) is 0 Å². The van der Waals surface area contributed by atoms with Crippen LogP contribution in [0.1, 0.15) is 29.2 Å². The summed E-state index contributed by atoms with van der Waals surface area (Å²) < 4.78 is 2.09. The molecule has 2 aromatic heterocycles. The number of aromatic nitrogens is 3. The number of nitrogens with zero attached hydrogens (tertiary/aromatic N) is 5. The molecular weight excluding hydrogens is 278 g/mol. The number of piperidine rings is 1. The summed E-state index contributed by atoms with van der Waals surface area (Å²) in [6, 6.07) is 4.05. The maximum atomic E-state index is 12.6. The number of pyridine rings is 1. The summed E-state index contributed by atoms with van der Waals surface area (Å²) in [5.74, 6) is 0.911. The van der Waals surface area contributed by atoms with Crippen LogP contribution in [0.15, 0.2) is 37.1 Å². The second-order valence-electron chi connectivity index (χ2n) is 5.86. The third-order valence-electron chi connectivity index (χ3n) is 4.08. The van der Waals surface area contributed by atoms with Crippen molar-refractivity contribution in [3.8, 4) is 0 Å². The first-order valence-corrected chi connectivity index (χ1v) is 7.55. The van der Waals surface area contributed by atoms with Gasteiger partial charge in [0.1, 0.15) is 5.82 Å². The van der Waals surface area contributed by atoms with Crippen molar-refractivity contribution in [2.75, 3.05) is 32.1 Å². The highest BCUT2D eigenvalue weighted by atomic mass is 16.2. The maximum Gasteiger partial charge on any atom is 0.255 e. The van der Waals surface area contributed by atoms with Crippen molar-refractivity contribution in [1.29, 1.82) is 0 Å². The molecule has 2 aromatic rings. The topological polar surface area (TPSA) is 54.3 Å². The number of anilines is 1. The molecule has 6 nitrogen and oxygen atoms in total. The molecule has 1 aliphatic heterocycles. The third-order valence-corrected chi connectivity index (χ3v) is 4.08. The molecule has 0 N–H and O–H groups in total. The minimum atomic E-state index is 0.0580. The van der Waals surface area contributed by atoms with Crippen LogP contribution < -0.4 is 4.90 Å². The van der Waals surface area contributed by atoms with Gasteiger partial charge in [-0.1, -0.05) is 0 Å². The van der Waals surface area contributed by atoms with Gasteiger partial charge in [-0.25, -0.2) is 9.97 Å². The summed E-state index contributed by atoms with van der Waals surface area (Å²) in [5, 5.41) is 0. The van der Waals surface area contributed by atoms with Gasteiger partial charge in [-0.3, -0.25) is 4.79 Å². The first-order valence-electron chi connectivity index (χ1n) is 7.55. The van der Waals surface area contributed by atoms with Gasteiger partial charge in [-0.2, -0.15) is 0 Å². The van der Waals surface area contributed by atoms with E-state index in [9.17, 15) is 4.79 Å². The Balaban J connectivity index is 1.71. The summed E-state index contributed by atoms with van der Waals surface area (Å²) in [6.45, 7) is 1.53. The van der Waals surface area contributed by atoms with Crippen LogP contribution in [0.4, 0.5) is 5.82 Å². The van der Waals surface area contributed by atoms with Crippen LogP contribution in [0.3, 0.4) is 0 Å². The van der Waals surface area contributed by atoms with E-state index in [4.69, 9.17) is 0 Å². The zero-order valence-electron chi connectivity index (χ0n) is 13.0. The van der Waals surface area contributed by atoms with Crippen LogP contribution >= 0.6 is 0 Å². The third kappa shape index (κ3) is 2.95. The summed E-state index contributed by atoms with van der Waals surface area (Å²) in [5.41, 5.74) is 0.650. The molecule has 3 heterocycles. The first kappa shape index (κ1) is 14.6. The van der Waals surface area contributed by atoms with Crippen LogP contribution in [0.25, 0.3) is 0 Å². The van der Waals surface area contributed by atoms with E-state index in [0.717, 1.165) is 31.7 Å². The Bertz CT molecular complexity index is 620. The van der Waals surface area contributed by atoms with E-state index >= 15 is 0 Å². The van der Waals surface area contributed by atoms with E-state index in [2.05, 4.69) is 14.5 Å². The van der Waals surface area contributed by atoms with Gasteiger partial charge in [-0.15, -0.1) is 0 Å². The van der Waals surface area contributed by atoms with Gasteiger partial charge in [-0.05, 0) is 25.0 Å². The molecule has 0 radical (unpaired) electrons. The molecule has 1 aliphatic rings. The standard InChI is InChI=1S/C16H21N5O/c1-19(2)15-6-5-13(10-18-15)16(22)20-8-3-4-14(11-20)21-9-7-17-12-21/h5-7,9-10,12,14H,3-4,8,11H2,1-2H3/t14-/m0/s1. The highest BCUT2D eigenvalue weighted by molar-refractivity contribution is 5.94. The fraction of sp³-hybridized carbons (Fsp3) is 0.438. The number of imidazole rings is 1. The van der Waals surface area contributed by atoms with Crippen molar-refractivity contribution in [1.82, 2.24) is 19.4 Å². The van der Waals surface area contributed by atoms with Gasteiger partial charge in [0, 0.05) is 45.8 Å². The lowest BCUT2D eigenvalue weighted by Gasteiger charge is -2.33. The van der Waals surface area contributed by atoms with Crippen LogP contribution in [0, 0.1) is 0 Å².